The molecule has 0 spiro atoms. The van der Waals surface area contributed by atoms with Gasteiger partial charge in [0.05, 0.1) is 5.37 Å². The highest BCUT2D eigenvalue weighted by Gasteiger charge is 2.46. The van der Waals surface area contributed by atoms with Crippen LogP contribution in [0.3, 0.4) is 0 Å². The fraction of sp³-hybridized carbons (Fsp3) is 0.867. The Balaban J connectivity index is 2.09. The molecule has 0 aromatic heterocycles. The molecule has 4 nitrogen and oxygen atoms in total. The van der Waals surface area contributed by atoms with Crippen molar-refractivity contribution in [3.8, 4) is 0 Å². The lowest BCUT2D eigenvalue weighted by molar-refractivity contribution is -0.141. The molecule has 114 valence electrons. The van der Waals surface area contributed by atoms with E-state index in [0.29, 0.717) is 5.92 Å². The smallest absolute Gasteiger partial charge is 0.243 e. The molecule has 2 aliphatic rings. The molecule has 2 atom stereocenters. The summed E-state index contributed by atoms with van der Waals surface area (Å²) in [4.78, 5) is 26.7. The number of hydrogen-bond donors (Lipinski definition) is 1. The van der Waals surface area contributed by atoms with Crippen LogP contribution in [0.1, 0.15) is 47.0 Å². The molecule has 0 aromatic rings. The quantitative estimate of drug-likeness (QED) is 0.847. The first kappa shape index (κ1) is 15.7. The fourth-order valence-electron chi connectivity index (χ4n) is 2.57. The predicted molar refractivity (Wildman–Crippen MR) is 82.3 cm³/mol. The summed E-state index contributed by atoms with van der Waals surface area (Å²) in [7, 11) is 0. The van der Waals surface area contributed by atoms with Gasteiger partial charge in [0.15, 0.2) is 0 Å². The van der Waals surface area contributed by atoms with E-state index in [1.165, 1.54) is 0 Å². The van der Waals surface area contributed by atoms with E-state index in [9.17, 15) is 9.59 Å². The normalized spacial score (nSPS) is 26.4. The van der Waals surface area contributed by atoms with Gasteiger partial charge in [0, 0.05) is 17.7 Å². The van der Waals surface area contributed by atoms with Crippen molar-refractivity contribution in [3.63, 3.8) is 0 Å². The molecular formula is C15H26N2O2S. The minimum absolute atomic E-state index is 0.00718. The number of carbonyl (C=O) groups excluding carboxylic acids is 2. The van der Waals surface area contributed by atoms with E-state index in [4.69, 9.17) is 0 Å². The van der Waals surface area contributed by atoms with E-state index < -0.39 is 0 Å². The number of rotatable bonds is 5. The molecule has 1 saturated heterocycles. The number of thioether (sulfide) groups is 1. The highest BCUT2D eigenvalue weighted by atomic mass is 32.2. The molecule has 2 fully saturated rings. The maximum Gasteiger partial charge on any atom is 0.243 e. The molecule has 2 rings (SSSR count). The van der Waals surface area contributed by atoms with Gasteiger partial charge in [-0.15, -0.1) is 11.8 Å². The van der Waals surface area contributed by atoms with Crippen molar-refractivity contribution in [2.75, 3.05) is 5.75 Å². The largest absolute Gasteiger partial charge is 0.352 e. The van der Waals surface area contributed by atoms with Gasteiger partial charge in [0.2, 0.25) is 11.8 Å². The molecule has 1 aliphatic carbocycles. The van der Waals surface area contributed by atoms with Crippen LogP contribution in [-0.2, 0) is 9.59 Å². The summed E-state index contributed by atoms with van der Waals surface area (Å²) in [6, 6.07) is -0.159. The van der Waals surface area contributed by atoms with Crippen LogP contribution in [0.4, 0.5) is 0 Å². The van der Waals surface area contributed by atoms with Crippen LogP contribution in [0.5, 0.6) is 0 Å². The molecule has 1 N–H and O–H groups in total. The van der Waals surface area contributed by atoms with Gasteiger partial charge in [0.1, 0.15) is 6.04 Å². The monoisotopic (exact) mass is 298 g/mol. The van der Waals surface area contributed by atoms with Gasteiger partial charge < -0.3 is 10.2 Å². The summed E-state index contributed by atoms with van der Waals surface area (Å²) in [6.07, 6.45) is 2.95. The zero-order chi connectivity index (χ0) is 14.9. The molecule has 20 heavy (non-hydrogen) atoms. The second-order valence-electron chi connectivity index (χ2n) is 6.62. The van der Waals surface area contributed by atoms with E-state index in [0.717, 1.165) is 25.0 Å². The number of nitrogens with one attached hydrogen (secondary N) is 1. The first-order valence-corrected chi connectivity index (χ1v) is 8.69. The molecule has 0 aromatic carbocycles. The van der Waals surface area contributed by atoms with E-state index in [-0.39, 0.29) is 35.2 Å². The Kier molecular flexibility index (Phi) is 4.99. The van der Waals surface area contributed by atoms with Gasteiger partial charge in [-0.1, -0.05) is 13.8 Å². The third kappa shape index (κ3) is 3.68. The molecule has 2 unspecified atom stereocenters. The first-order valence-electron chi connectivity index (χ1n) is 7.64. The third-order valence-corrected chi connectivity index (χ3v) is 4.99. The summed E-state index contributed by atoms with van der Waals surface area (Å²) in [5.74, 6) is 1.65. The minimum atomic E-state index is -0.278. The van der Waals surface area contributed by atoms with Crippen LogP contribution in [-0.4, -0.2) is 39.9 Å². The van der Waals surface area contributed by atoms with Crippen molar-refractivity contribution in [1.29, 1.82) is 0 Å². The van der Waals surface area contributed by atoms with Crippen LogP contribution in [0.2, 0.25) is 0 Å². The molecular weight excluding hydrogens is 272 g/mol. The number of hydrogen-bond acceptors (Lipinski definition) is 3. The summed E-state index contributed by atoms with van der Waals surface area (Å²) < 4.78 is 0. The molecule has 0 radical (unpaired) electrons. The molecule has 1 heterocycles. The average molecular weight is 298 g/mol. The van der Waals surface area contributed by atoms with Crippen LogP contribution in [0.25, 0.3) is 0 Å². The Morgan fingerprint density at radius 2 is 1.90 bits per heavy atom. The minimum Gasteiger partial charge on any atom is -0.352 e. The maximum absolute atomic E-state index is 12.5. The topological polar surface area (TPSA) is 49.4 Å². The van der Waals surface area contributed by atoms with Crippen molar-refractivity contribution in [3.05, 3.63) is 0 Å². The molecule has 5 heteroatoms. The number of amides is 2. The van der Waals surface area contributed by atoms with Gasteiger partial charge in [-0.25, -0.2) is 0 Å². The summed E-state index contributed by atoms with van der Waals surface area (Å²) in [5, 5.41) is 3.13. The van der Waals surface area contributed by atoms with E-state index in [1.54, 1.807) is 11.8 Å². The zero-order valence-electron chi connectivity index (χ0n) is 12.9. The number of carbonyl (C=O) groups is 2. The second kappa shape index (κ2) is 6.37. The van der Waals surface area contributed by atoms with Gasteiger partial charge in [-0.3, -0.25) is 9.59 Å². The van der Waals surface area contributed by atoms with Crippen LogP contribution in [0.15, 0.2) is 0 Å². The molecule has 1 aliphatic heterocycles. The third-order valence-electron chi connectivity index (χ3n) is 3.68. The lowest BCUT2D eigenvalue weighted by Crippen LogP contribution is -2.51. The summed E-state index contributed by atoms with van der Waals surface area (Å²) >= 11 is 1.76. The molecule has 0 bridgehead atoms. The van der Waals surface area contributed by atoms with Gasteiger partial charge in [-0.05, 0) is 39.0 Å². The van der Waals surface area contributed by atoms with Crippen molar-refractivity contribution in [2.24, 2.45) is 11.8 Å². The molecule has 2 amide bonds. The Hall–Kier alpha value is -0.710. The second-order valence-corrected chi connectivity index (χ2v) is 7.83. The molecule has 1 saturated carbocycles. The van der Waals surface area contributed by atoms with Crippen LogP contribution < -0.4 is 5.32 Å². The zero-order valence-corrected chi connectivity index (χ0v) is 13.7. The van der Waals surface area contributed by atoms with Gasteiger partial charge >= 0.3 is 0 Å². The van der Waals surface area contributed by atoms with E-state index in [2.05, 4.69) is 19.2 Å². The SMILES string of the molecule is CC(C)CC1SCC(C(=O)NC(C)C)N1C(=O)C1CC1. The Morgan fingerprint density at radius 1 is 1.25 bits per heavy atom. The lowest BCUT2D eigenvalue weighted by Gasteiger charge is -2.30. The van der Waals surface area contributed by atoms with Gasteiger partial charge in [-0.2, -0.15) is 0 Å². The Bertz CT molecular complexity index is 380. The van der Waals surface area contributed by atoms with E-state index in [1.807, 2.05) is 18.7 Å². The lowest BCUT2D eigenvalue weighted by atomic mass is 10.1. The highest BCUT2D eigenvalue weighted by molar-refractivity contribution is 8.00. The van der Waals surface area contributed by atoms with Gasteiger partial charge in [0.25, 0.3) is 0 Å². The van der Waals surface area contributed by atoms with Crippen LogP contribution in [0, 0.1) is 11.8 Å². The van der Waals surface area contributed by atoms with Crippen molar-refractivity contribution in [1.82, 2.24) is 10.2 Å². The average Bonchev–Trinajstić information content (AvgIpc) is 3.09. The van der Waals surface area contributed by atoms with E-state index >= 15 is 0 Å². The van der Waals surface area contributed by atoms with Crippen molar-refractivity contribution < 1.29 is 9.59 Å². The van der Waals surface area contributed by atoms with Crippen molar-refractivity contribution in [2.45, 2.75) is 64.4 Å². The van der Waals surface area contributed by atoms with Crippen LogP contribution >= 0.6 is 11.8 Å². The predicted octanol–water partition coefficient (Wildman–Crippen LogP) is 2.24. The van der Waals surface area contributed by atoms with Crippen molar-refractivity contribution >= 4 is 23.6 Å². The summed E-state index contributed by atoms with van der Waals surface area (Å²) in [5.41, 5.74) is 0. The standard InChI is InChI=1S/C15H26N2O2S/c1-9(2)7-13-17(15(19)11-5-6-11)12(8-20-13)14(18)16-10(3)4/h9-13H,5-8H2,1-4H3,(H,16,18). The highest BCUT2D eigenvalue weighted by Crippen LogP contribution is 2.39. The maximum atomic E-state index is 12.5. The summed E-state index contributed by atoms with van der Waals surface area (Å²) in [6.45, 7) is 8.25. The number of nitrogens with zero attached hydrogens (tertiary/aromatic N) is 1. The Morgan fingerprint density at radius 3 is 2.40 bits per heavy atom. The first-order chi connectivity index (χ1) is 9.40. The fourth-order valence-corrected chi connectivity index (χ4v) is 4.22. The Labute approximate surface area is 126 Å².